The van der Waals surface area contributed by atoms with Crippen LogP contribution in [-0.4, -0.2) is 25.2 Å². The number of hydrogen-bond donors (Lipinski definition) is 2. The van der Waals surface area contributed by atoms with Gasteiger partial charge in [-0.3, -0.25) is 0 Å². The molecule has 0 saturated heterocycles. The maximum absolute atomic E-state index is 12.7. The molecule has 1 heterocycles. The summed E-state index contributed by atoms with van der Waals surface area (Å²) in [6.45, 7) is 1.24. The van der Waals surface area contributed by atoms with E-state index in [2.05, 4.69) is 10.3 Å². The lowest BCUT2D eigenvalue weighted by atomic mass is 10.0. The van der Waals surface area contributed by atoms with Crippen LogP contribution in [0.2, 0.25) is 0 Å². The number of nitrogens with two attached hydrogens (primary N) is 1. The third-order valence-corrected chi connectivity index (χ3v) is 3.61. The minimum atomic E-state index is -4.42. The standard InChI is InChI=1S/C13H18F3N3O/c1-20-5-4-12(2-3-12)8-18-11-7-9(13(14,15)16)6-10(17)19-11/h6-7H,2-5,8H2,1H3,(H3,17,18,19). The van der Waals surface area contributed by atoms with E-state index in [0.717, 1.165) is 31.4 Å². The van der Waals surface area contributed by atoms with E-state index in [1.165, 1.54) is 0 Å². The molecular weight excluding hydrogens is 271 g/mol. The van der Waals surface area contributed by atoms with Gasteiger partial charge in [0.25, 0.3) is 0 Å². The Labute approximate surface area is 115 Å². The molecule has 4 nitrogen and oxygen atoms in total. The second kappa shape index (κ2) is 5.47. The fourth-order valence-electron chi connectivity index (χ4n) is 2.09. The van der Waals surface area contributed by atoms with Gasteiger partial charge >= 0.3 is 6.18 Å². The molecule has 0 atom stereocenters. The van der Waals surface area contributed by atoms with Gasteiger partial charge in [0, 0.05) is 20.3 Å². The van der Waals surface area contributed by atoms with Crippen molar-refractivity contribution in [3.05, 3.63) is 17.7 Å². The first kappa shape index (κ1) is 14.9. The number of halogens is 3. The Bertz CT molecular complexity index is 472. The largest absolute Gasteiger partial charge is 0.416 e. The molecule has 1 fully saturated rings. The van der Waals surface area contributed by atoms with Crippen LogP contribution in [0.5, 0.6) is 0 Å². The van der Waals surface area contributed by atoms with Crippen LogP contribution in [0.25, 0.3) is 0 Å². The second-order valence-corrected chi connectivity index (χ2v) is 5.26. The van der Waals surface area contributed by atoms with Crippen LogP contribution >= 0.6 is 0 Å². The fourth-order valence-corrected chi connectivity index (χ4v) is 2.09. The molecule has 0 unspecified atom stereocenters. The molecule has 0 aromatic carbocycles. The van der Waals surface area contributed by atoms with Crippen LogP contribution in [0.1, 0.15) is 24.8 Å². The van der Waals surface area contributed by atoms with Gasteiger partial charge in [-0.15, -0.1) is 0 Å². The average molecular weight is 289 g/mol. The minimum Gasteiger partial charge on any atom is -0.385 e. The Hall–Kier alpha value is -1.50. The summed E-state index contributed by atoms with van der Waals surface area (Å²) >= 11 is 0. The summed E-state index contributed by atoms with van der Waals surface area (Å²) in [7, 11) is 1.64. The van der Waals surface area contributed by atoms with Crippen molar-refractivity contribution in [3.8, 4) is 0 Å². The Morgan fingerprint density at radius 2 is 2.10 bits per heavy atom. The van der Waals surface area contributed by atoms with E-state index in [0.29, 0.717) is 13.2 Å². The molecule has 1 aliphatic carbocycles. The predicted octanol–water partition coefficient (Wildman–Crippen LogP) is 2.91. The number of pyridine rings is 1. The van der Waals surface area contributed by atoms with E-state index >= 15 is 0 Å². The number of rotatable bonds is 6. The molecule has 0 spiro atoms. The first-order chi connectivity index (χ1) is 9.35. The van der Waals surface area contributed by atoms with Crippen LogP contribution in [0.3, 0.4) is 0 Å². The fraction of sp³-hybridized carbons (Fsp3) is 0.615. The van der Waals surface area contributed by atoms with Crippen molar-refractivity contribution in [2.45, 2.75) is 25.4 Å². The summed E-state index contributed by atoms with van der Waals surface area (Å²) in [5.74, 6) is 0.0325. The predicted molar refractivity (Wildman–Crippen MR) is 70.3 cm³/mol. The highest BCUT2D eigenvalue weighted by Gasteiger charge is 2.42. The van der Waals surface area contributed by atoms with E-state index in [4.69, 9.17) is 10.5 Å². The van der Waals surface area contributed by atoms with Gasteiger partial charge in [-0.1, -0.05) is 0 Å². The number of hydrogen-bond acceptors (Lipinski definition) is 4. The zero-order valence-corrected chi connectivity index (χ0v) is 11.3. The smallest absolute Gasteiger partial charge is 0.385 e. The van der Waals surface area contributed by atoms with Gasteiger partial charge in [0.05, 0.1) is 5.56 Å². The molecule has 1 aromatic rings. The molecule has 1 saturated carbocycles. The van der Waals surface area contributed by atoms with Gasteiger partial charge in [0.15, 0.2) is 0 Å². The quantitative estimate of drug-likeness (QED) is 0.845. The van der Waals surface area contributed by atoms with Crippen LogP contribution in [0.4, 0.5) is 24.8 Å². The number of ether oxygens (including phenoxy) is 1. The number of methoxy groups -OCH3 is 1. The molecular formula is C13H18F3N3O. The highest BCUT2D eigenvalue weighted by atomic mass is 19.4. The van der Waals surface area contributed by atoms with Crippen LogP contribution in [-0.2, 0) is 10.9 Å². The molecule has 1 aromatic heterocycles. The van der Waals surface area contributed by atoms with Crippen molar-refractivity contribution in [2.24, 2.45) is 5.41 Å². The Morgan fingerprint density at radius 1 is 1.40 bits per heavy atom. The maximum Gasteiger partial charge on any atom is 0.416 e. The number of alkyl halides is 3. The minimum absolute atomic E-state index is 0.126. The average Bonchev–Trinajstić information content (AvgIpc) is 3.13. The summed E-state index contributed by atoms with van der Waals surface area (Å²) in [4.78, 5) is 3.89. The van der Waals surface area contributed by atoms with E-state index in [1.807, 2.05) is 0 Å². The number of nitrogens with zero attached hydrogens (tertiary/aromatic N) is 1. The summed E-state index contributed by atoms with van der Waals surface area (Å²) < 4.78 is 43.1. The van der Waals surface area contributed by atoms with Crippen LogP contribution in [0, 0.1) is 5.41 Å². The zero-order valence-electron chi connectivity index (χ0n) is 11.3. The van der Waals surface area contributed by atoms with Crippen LogP contribution < -0.4 is 11.1 Å². The molecule has 0 aliphatic heterocycles. The van der Waals surface area contributed by atoms with E-state index in [9.17, 15) is 13.2 Å². The van der Waals surface area contributed by atoms with Gasteiger partial charge < -0.3 is 15.8 Å². The van der Waals surface area contributed by atoms with Gasteiger partial charge in [-0.2, -0.15) is 13.2 Å². The molecule has 3 N–H and O–H groups in total. The third kappa shape index (κ3) is 3.75. The molecule has 7 heteroatoms. The lowest BCUT2D eigenvalue weighted by Crippen LogP contribution is -2.18. The van der Waals surface area contributed by atoms with Gasteiger partial charge in [0.1, 0.15) is 11.6 Å². The van der Waals surface area contributed by atoms with Crippen molar-refractivity contribution >= 4 is 11.6 Å². The van der Waals surface area contributed by atoms with Crippen LogP contribution in [0.15, 0.2) is 12.1 Å². The number of anilines is 2. The molecule has 0 bridgehead atoms. The van der Waals surface area contributed by atoms with Gasteiger partial charge in [0.2, 0.25) is 0 Å². The number of aromatic nitrogens is 1. The second-order valence-electron chi connectivity index (χ2n) is 5.26. The van der Waals surface area contributed by atoms with Crippen molar-refractivity contribution in [1.82, 2.24) is 4.98 Å². The topological polar surface area (TPSA) is 60.2 Å². The van der Waals surface area contributed by atoms with Crippen molar-refractivity contribution in [1.29, 1.82) is 0 Å². The first-order valence-corrected chi connectivity index (χ1v) is 6.42. The number of nitrogens with one attached hydrogen (secondary N) is 1. The summed E-state index contributed by atoms with van der Waals surface area (Å²) in [6.07, 6.45) is -1.42. The first-order valence-electron chi connectivity index (χ1n) is 6.42. The monoisotopic (exact) mass is 289 g/mol. The van der Waals surface area contributed by atoms with Crippen molar-refractivity contribution in [2.75, 3.05) is 31.3 Å². The van der Waals surface area contributed by atoms with Gasteiger partial charge in [-0.05, 0) is 36.8 Å². The maximum atomic E-state index is 12.7. The third-order valence-electron chi connectivity index (χ3n) is 3.61. The summed E-state index contributed by atoms with van der Waals surface area (Å²) in [6, 6.07) is 1.83. The molecule has 2 rings (SSSR count). The lowest BCUT2D eigenvalue weighted by molar-refractivity contribution is -0.137. The summed E-state index contributed by atoms with van der Waals surface area (Å²) in [5, 5.41) is 2.96. The molecule has 1 aliphatic rings. The lowest BCUT2D eigenvalue weighted by Gasteiger charge is -2.17. The normalized spacial score (nSPS) is 17.0. The van der Waals surface area contributed by atoms with Crippen molar-refractivity contribution in [3.63, 3.8) is 0 Å². The molecule has 0 amide bonds. The van der Waals surface area contributed by atoms with E-state index in [1.54, 1.807) is 7.11 Å². The highest BCUT2D eigenvalue weighted by Crippen LogP contribution is 2.48. The Kier molecular flexibility index (Phi) is 4.08. The summed E-state index contributed by atoms with van der Waals surface area (Å²) in [5.41, 5.74) is 4.76. The van der Waals surface area contributed by atoms with Gasteiger partial charge in [-0.25, -0.2) is 4.98 Å². The molecule has 0 radical (unpaired) electrons. The van der Waals surface area contributed by atoms with Crippen molar-refractivity contribution < 1.29 is 17.9 Å². The Balaban J connectivity index is 2.01. The SMILES string of the molecule is COCCC1(CNc2cc(C(F)(F)F)cc(N)n2)CC1. The van der Waals surface area contributed by atoms with E-state index < -0.39 is 11.7 Å². The molecule has 20 heavy (non-hydrogen) atoms. The number of nitrogen functional groups attached to an aromatic ring is 1. The zero-order chi connectivity index (χ0) is 14.8. The van der Waals surface area contributed by atoms with E-state index in [-0.39, 0.29) is 17.1 Å². The Morgan fingerprint density at radius 3 is 2.65 bits per heavy atom. The molecule has 112 valence electrons. The highest BCUT2D eigenvalue weighted by molar-refractivity contribution is 5.47.